The lowest BCUT2D eigenvalue weighted by Gasteiger charge is -2.12. The van der Waals surface area contributed by atoms with Gasteiger partial charge in [0.2, 0.25) is 0 Å². The molecule has 0 saturated heterocycles. The van der Waals surface area contributed by atoms with Gasteiger partial charge in [-0.3, -0.25) is 0 Å². The van der Waals surface area contributed by atoms with Crippen LogP contribution in [0.25, 0.3) is 10.8 Å². The fourth-order valence-corrected chi connectivity index (χ4v) is 2.79. The molecule has 0 bridgehead atoms. The van der Waals surface area contributed by atoms with E-state index in [9.17, 15) is 13.6 Å². The first kappa shape index (κ1) is 19.4. The summed E-state index contributed by atoms with van der Waals surface area (Å²) in [5, 5.41) is 7.48. The number of carbonyl (C=O) groups is 1. The Hall–Kier alpha value is -3.35. The van der Waals surface area contributed by atoms with Crippen molar-refractivity contribution in [2.75, 3.05) is 7.11 Å². The van der Waals surface area contributed by atoms with Crippen LogP contribution >= 0.6 is 0 Å². The third-order valence-electron chi connectivity index (χ3n) is 4.19. The van der Waals surface area contributed by atoms with E-state index in [0.717, 1.165) is 22.1 Å². The van der Waals surface area contributed by atoms with Crippen LogP contribution in [-0.4, -0.2) is 19.8 Å². The molecular formula is C21H20F2N2O3. The van der Waals surface area contributed by atoms with E-state index in [1.54, 1.807) is 25.3 Å². The average molecular weight is 386 g/mol. The topological polar surface area (TPSA) is 59.6 Å². The van der Waals surface area contributed by atoms with Gasteiger partial charge in [0.05, 0.1) is 7.11 Å². The molecule has 2 N–H and O–H groups in total. The first-order valence-corrected chi connectivity index (χ1v) is 8.66. The van der Waals surface area contributed by atoms with E-state index in [1.165, 1.54) is 6.07 Å². The minimum atomic E-state index is -2.91. The molecule has 3 aromatic rings. The summed E-state index contributed by atoms with van der Waals surface area (Å²) in [7, 11) is 1.62. The molecule has 5 nitrogen and oxygen atoms in total. The Balaban J connectivity index is 1.55. The van der Waals surface area contributed by atoms with E-state index in [-0.39, 0.29) is 12.3 Å². The largest absolute Gasteiger partial charge is 0.497 e. The molecule has 0 heterocycles. The summed E-state index contributed by atoms with van der Waals surface area (Å²) in [6.45, 7) is -2.50. The molecule has 0 aliphatic carbocycles. The molecule has 0 radical (unpaired) electrons. The van der Waals surface area contributed by atoms with Gasteiger partial charge in [-0.05, 0) is 40.6 Å². The molecule has 0 fully saturated rings. The standard InChI is InChI=1S/C21H20F2N2O3/c1-27-18-9-8-15-10-14(6-7-16(15)11-18)12-24-21(26)25-13-17-4-2-3-5-19(17)28-20(22)23/h2-11,20H,12-13H2,1H3,(H2,24,25,26). The summed E-state index contributed by atoms with van der Waals surface area (Å²) >= 11 is 0. The number of ether oxygens (including phenoxy) is 2. The summed E-state index contributed by atoms with van der Waals surface area (Å²) in [6, 6.07) is 17.6. The minimum absolute atomic E-state index is 0.0442. The van der Waals surface area contributed by atoms with Gasteiger partial charge in [-0.25, -0.2) is 4.79 Å². The van der Waals surface area contributed by atoms with Crippen LogP contribution in [0.4, 0.5) is 13.6 Å². The second-order valence-corrected chi connectivity index (χ2v) is 6.07. The van der Waals surface area contributed by atoms with Gasteiger partial charge >= 0.3 is 12.6 Å². The number of alkyl halides is 2. The first-order valence-electron chi connectivity index (χ1n) is 8.66. The Bertz CT molecular complexity index is 963. The Morgan fingerprint density at radius 2 is 1.68 bits per heavy atom. The minimum Gasteiger partial charge on any atom is -0.497 e. The zero-order valence-corrected chi connectivity index (χ0v) is 15.2. The number of methoxy groups -OCH3 is 1. The molecule has 7 heteroatoms. The lowest BCUT2D eigenvalue weighted by atomic mass is 10.1. The number of urea groups is 1. The van der Waals surface area contributed by atoms with Gasteiger partial charge in [0.15, 0.2) is 0 Å². The smallest absolute Gasteiger partial charge is 0.387 e. The first-order chi connectivity index (χ1) is 13.5. The monoisotopic (exact) mass is 386 g/mol. The molecule has 0 aliphatic rings. The van der Waals surface area contributed by atoms with Gasteiger partial charge in [0.1, 0.15) is 11.5 Å². The number of amides is 2. The summed E-state index contributed by atoms with van der Waals surface area (Å²) in [4.78, 5) is 12.0. The molecule has 2 amide bonds. The SMILES string of the molecule is COc1ccc2cc(CNC(=O)NCc3ccccc3OC(F)F)ccc2c1. The van der Waals surface area contributed by atoms with Crippen molar-refractivity contribution in [1.29, 1.82) is 0 Å². The van der Waals surface area contributed by atoms with E-state index in [0.29, 0.717) is 12.1 Å². The molecule has 3 rings (SSSR count). The highest BCUT2D eigenvalue weighted by atomic mass is 19.3. The average Bonchev–Trinajstić information content (AvgIpc) is 2.70. The molecule has 146 valence electrons. The van der Waals surface area contributed by atoms with Crippen molar-refractivity contribution in [2.24, 2.45) is 0 Å². The Kier molecular flexibility index (Phi) is 6.26. The quantitative estimate of drug-likeness (QED) is 0.631. The molecule has 0 unspecified atom stereocenters. The maximum absolute atomic E-state index is 12.4. The zero-order chi connectivity index (χ0) is 19.9. The fourth-order valence-electron chi connectivity index (χ4n) is 2.79. The van der Waals surface area contributed by atoms with Crippen molar-refractivity contribution in [1.82, 2.24) is 10.6 Å². The Labute approximate surface area is 161 Å². The van der Waals surface area contributed by atoms with E-state index >= 15 is 0 Å². The van der Waals surface area contributed by atoms with Crippen LogP contribution in [0, 0.1) is 0 Å². The van der Waals surface area contributed by atoms with Gasteiger partial charge in [-0.15, -0.1) is 0 Å². The van der Waals surface area contributed by atoms with Gasteiger partial charge in [0, 0.05) is 18.7 Å². The molecule has 0 saturated carbocycles. The van der Waals surface area contributed by atoms with Crippen molar-refractivity contribution in [3.63, 3.8) is 0 Å². The number of fused-ring (bicyclic) bond motifs is 1. The lowest BCUT2D eigenvalue weighted by Crippen LogP contribution is -2.34. The second kappa shape index (κ2) is 9.03. The number of para-hydroxylation sites is 1. The highest BCUT2D eigenvalue weighted by molar-refractivity contribution is 5.84. The fraction of sp³-hybridized carbons (Fsp3) is 0.190. The van der Waals surface area contributed by atoms with Crippen LogP contribution < -0.4 is 20.1 Å². The summed E-state index contributed by atoms with van der Waals surface area (Å²) < 4.78 is 34.5. The van der Waals surface area contributed by atoms with E-state index in [2.05, 4.69) is 15.4 Å². The Morgan fingerprint density at radius 1 is 0.964 bits per heavy atom. The van der Waals surface area contributed by atoms with Gasteiger partial charge in [-0.1, -0.05) is 36.4 Å². The predicted octanol–water partition coefficient (Wildman–Crippen LogP) is 4.45. The van der Waals surface area contributed by atoms with Gasteiger partial charge < -0.3 is 20.1 Å². The molecular weight excluding hydrogens is 366 g/mol. The van der Waals surface area contributed by atoms with E-state index < -0.39 is 12.6 Å². The second-order valence-electron chi connectivity index (χ2n) is 6.07. The number of nitrogens with one attached hydrogen (secondary N) is 2. The van der Waals surface area contributed by atoms with Crippen molar-refractivity contribution in [3.05, 3.63) is 71.8 Å². The van der Waals surface area contributed by atoms with Crippen LogP contribution in [-0.2, 0) is 13.1 Å². The van der Waals surface area contributed by atoms with Gasteiger partial charge in [-0.2, -0.15) is 8.78 Å². The highest BCUT2D eigenvalue weighted by Crippen LogP contribution is 2.22. The summed E-state index contributed by atoms with van der Waals surface area (Å²) in [5.74, 6) is 0.830. The normalized spacial score (nSPS) is 10.7. The van der Waals surface area contributed by atoms with Crippen molar-refractivity contribution in [3.8, 4) is 11.5 Å². The maximum atomic E-state index is 12.4. The van der Waals surface area contributed by atoms with E-state index in [1.807, 2.05) is 36.4 Å². The molecule has 0 atom stereocenters. The van der Waals surface area contributed by atoms with Gasteiger partial charge in [0.25, 0.3) is 0 Å². The number of benzene rings is 3. The van der Waals surface area contributed by atoms with Crippen LogP contribution in [0.3, 0.4) is 0 Å². The third-order valence-corrected chi connectivity index (χ3v) is 4.19. The number of hydrogen-bond acceptors (Lipinski definition) is 3. The molecule has 0 aromatic heterocycles. The predicted molar refractivity (Wildman–Crippen MR) is 103 cm³/mol. The van der Waals surface area contributed by atoms with E-state index in [4.69, 9.17) is 4.74 Å². The number of hydrogen-bond donors (Lipinski definition) is 2. The van der Waals surface area contributed by atoms with Crippen LogP contribution in [0.2, 0.25) is 0 Å². The number of rotatable bonds is 7. The molecule has 0 aliphatic heterocycles. The summed E-state index contributed by atoms with van der Waals surface area (Å²) in [5.41, 5.74) is 1.41. The number of halogens is 2. The number of carbonyl (C=O) groups excluding carboxylic acids is 1. The highest BCUT2D eigenvalue weighted by Gasteiger charge is 2.10. The van der Waals surface area contributed by atoms with Crippen molar-refractivity contribution in [2.45, 2.75) is 19.7 Å². The lowest BCUT2D eigenvalue weighted by molar-refractivity contribution is -0.0504. The van der Waals surface area contributed by atoms with Crippen LogP contribution in [0.1, 0.15) is 11.1 Å². The zero-order valence-electron chi connectivity index (χ0n) is 15.2. The molecule has 0 spiro atoms. The Morgan fingerprint density at radius 3 is 2.46 bits per heavy atom. The van der Waals surface area contributed by atoms with Crippen LogP contribution in [0.5, 0.6) is 11.5 Å². The third kappa shape index (κ3) is 5.09. The summed E-state index contributed by atoms with van der Waals surface area (Å²) in [6.07, 6.45) is 0. The van der Waals surface area contributed by atoms with Crippen LogP contribution in [0.15, 0.2) is 60.7 Å². The molecule has 3 aromatic carbocycles. The van der Waals surface area contributed by atoms with Crippen molar-refractivity contribution < 1.29 is 23.0 Å². The molecule has 28 heavy (non-hydrogen) atoms. The maximum Gasteiger partial charge on any atom is 0.387 e. The van der Waals surface area contributed by atoms with Crippen molar-refractivity contribution >= 4 is 16.8 Å².